The minimum Gasteiger partial charge on any atom is -0.211 e. The highest BCUT2D eigenvalue weighted by molar-refractivity contribution is 7.99. The number of fused-ring (bicyclic) bond motifs is 1. The molecule has 0 unspecified atom stereocenters. The van der Waals surface area contributed by atoms with E-state index in [0.29, 0.717) is 5.28 Å². The summed E-state index contributed by atoms with van der Waals surface area (Å²) in [5.41, 5.74) is 0. The molecular weight excluding hydrogens is 296 g/mol. The molecule has 102 valence electrons. The molecule has 19 heavy (non-hydrogen) atoms. The molecule has 2 aromatic rings. The second-order valence-electron chi connectivity index (χ2n) is 5.04. The van der Waals surface area contributed by atoms with Gasteiger partial charge in [0, 0.05) is 16.0 Å². The monoisotopic (exact) mass is 312 g/mol. The quantitative estimate of drug-likeness (QED) is 0.441. The van der Waals surface area contributed by atoms with E-state index in [-0.39, 0.29) is 0 Å². The Labute approximate surface area is 127 Å². The zero-order chi connectivity index (χ0) is 13.2. The number of thiophene rings is 1. The Morgan fingerprint density at radius 3 is 2.89 bits per heavy atom. The zero-order valence-corrected chi connectivity index (χ0v) is 13.4. The van der Waals surface area contributed by atoms with E-state index in [0.717, 1.165) is 22.2 Å². The first-order chi connectivity index (χ1) is 9.26. The molecule has 0 bridgehead atoms. The lowest BCUT2D eigenvalue weighted by Gasteiger charge is -2.08. The van der Waals surface area contributed by atoms with Crippen LogP contribution in [0.1, 0.15) is 37.5 Å². The van der Waals surface area contributed by atoms with Crippen molar-refractivity contribution < 1.29 is 0 Å². The van der Waals surface area contributed by atoms with Gasteiger partial charge in [-0.25, -0.2) is 9.97 Å². The Hall–Kier alpha value is -0.320. The lowest BCUT2D eigenvalue weighted by molar-refractivity contribution is 0.623. The van der Waals surface area contributed by atoms with Gasteiger partial charge in [-0.05, 0) is 42.8 Å². The lowest BCUT2D eigenvalue weighted by atomic mass is 10.1. The van der Waals surface area contributed by atoms with Gasteiger partial charge >= 0.3 is 0 Å². The zero-order valence-electron chi connectivity index (χ0n) is 11.0. The number of aromatic nitrogens is 2. The van der Waals surface area contributed by atoms with Crippen LogP contribution >= 0.6 is 34.7 Å². The fourth-order valence-electron chi connectivity index (χ4n) is 2.58. The topological polar surface area (TPSA) is 25.8 Å². The third kappa shape index (κ3) is 3.06. The second kappa shape index (κ2) is 5.98. The Morgan fingerprint density at radius 1 is 1.37 bits per heavy atom. The number of hydrogen-bond donors (Lipinski definition) is 0. The number of hydrogen-bond acceptors (Lipinski definition) is 4. The van der Waals surface area contributed by atoms with Crippen LogP contribution in [-0.2, 0) is 6.42 Å². The van der Waals surface area contributed by atoms with Crippen molar-refractivity contribution in [3.05, 3.63) is 16.2 Å². The maximum Gasteiger partial charge on any atom is 0.224 e. The molecule has 0 N–H and O–H groups in total. The summed E-state index contributed by atoms with van der Waals surface area (Å²) in [6, 6.07) is 2.23. The predicted molar refractivity (Wildman–Crippen MR) is 84.5 cm³/mol. The fraction of sp³-hybridized carbons (Fsp3) is 0.571. The number of rotatable bonds is 4. The molecule has 2 aromatic heterocycles. The highest BCUT2D eigenvalue weighted by atomic mass is 35.5. The van der Waals surface area contributed by atoms with Crippen molar-refractivity contribution in [1.29, 1.82) is 0 Å². The molecule has 0 radical (unpaired) electrons. The molecule has 0 amide bonds. The van der Waals surface area contributed by atoms with E-state index in [1.165, 1.54) is 41.7 Å². The predicted octanol–water partition coefficient (Wildman–Crippen LogP) is 5.19. The third-order valence-corrected chi connectivity index (χ3v) is 6.23. The highest BCUT2D eigenvalue weighted by Crippen LogP contribution is 2.36. The van der Waals surface area contributed by atoms with Crippen LogP contribution in [-0.4, -0.2) is 15.7 Å². The largest absolute Gasteiger partial charge is 0.224 e. The van der Waals surface area contributed by atoms with Crippen molar-refractivity contribution in [2.24, 2.45) is 5.92 Å². The first kappa shape index (κ1) is 13.7. The van der Waals surface area contributed by atoms with Crippen LogP contribution in [0, 0.1) is 5.92 Å². The summed E-state index contributed by atoms with van der Waals surface area (Å²) in [4.78, 5) is 11.2. The van der Waals surface area contributed by atoms with Crippen LogP contribution in [0.15, 0.2) is 11.1 Å². The molecule has 0 saturated heterocycles. The summed E-state index contributed by atoms with van der Waals surface area (Å²) in [6.07, 6.45) is 6.58. The number of thioether (sulfide) groups is 1. The molecule has 2 nitrogen and oxygen atoms in total. The molecule has 2 heterocycles. The SMILES string of the molecule is CCc1cc2c(SCC3CCCC3)nc(Cl)nc2s1. The van der Waals surface area contributed by atoms with Gasteiger partial charge in [-0.1, -0.05) is 19.8 Å². The molecule has 1 saturated carbocycles. The van der Waals surface area contributed by atoms with E-state index in [4.69, 9.17) is 11.6 Å². The van der Waals surface area contributed by atoms with Gasteiger partial charge in [-0.2, -0.15) is 0 Å². The van der Waals surface area contributed by atoms with Crippen LogP contribution in [0.5, 0.6) is 0 Å². The summed E-state index contributed by atoms with van der Waals surface area (Å²) in [7, 11) is 0. The first-order valence-electron chi connectivity index (χ1n) is 6.85. The Bertz CT molecular complexity index is 576. The van der Waals surface area contributed by atoms with Gasteiger partial charge in [0.05, 0.1) is 0 Å². The van der Waals surface area contributed by atoms with Crippen LogP contribution in [0.2, 0.25) is 5.28 Å². The van der Waals surface area contributed by atoms with E-state index < -0.39 is 0 Å². The van der Waals surface area contributed by atoms with Gasteiger partial charge in [-0.3, -0.25) is 0 Å². The molecule has 0 aromatic carbocycles. The second-order valence-corrected chi connectivity index (χ2v) is 7.51. The summed E-state index contributed by atoms with van der Waals surface area (Å²) in [6.45, 7) is 2.17. The van der Waals surface area contributed by atoms with Gasteiger partial charge < -0.3 is 0 Å². The summed E-state index contributed by atoms with van der Waals surface area (Å²) in [5.74, 6) is 2.03. The smallest absolute Gasteiger partial charge is 0.211 e. The normalized spacial score (nSPS) is 16.5. The van der Waals surface area contributed by atoms with Crippen molar-refractivity contribution >= 4 is 44.9 Å². The third-order valence-electron chi connectivity index (χ3n) is 3.66. The van der Waals surface area contributed by atoms with Gasteiger partial charge in [0.1, 0.15) is 9.86 Å². The van der Waals surface area contributed by atoms with Gasteiger partial charge in [0.2, 0.25) is 5.28 Å². The van der Waals surface area contributed by atoms with Crippen molar-refractivity contribution in [1.82, 2.24) is 9.97 Å². The van der Waals surface area contributed by atoms with Crippen LogP contribution in [0.4, 0.5) is 0 Å². The summed E-state index contributed by atoms with van der Waals surface area (Å²) >= 11 is 9.63. The average Bonchev–Trinajstić information content (AvgIpc) is 3.04. The van der Waals surface area contributed by atoms with Crippen molar-refractivity contribution in [3.63, 3.8) is 0 Å². The van der Waals surface area contributed by atoms with E-state index in [1.807, 2.05) is 11.8 Å². The van der Waals surface area contributed by atoms with E-state index in [2.05, 4.69) is 23.0 Å². The van der Waals surface area contributed by atoms with E-state index in [1.54, 1.807) is 11.3 Å². The molecular formula is C14H17ClN2S2. The van der Waals surface area contributed by atoms with Crippen molar-refractivity contribution in [2.45, 2.75) is 44.1 Å². The van der Waals surface area contributed by atoms with E-state index in [9.17, 15) is 0 Å². The molecule has 1 aliphatic rings. The molecule has 0 atom stereocenters. The molecule has 1 fully saturated rings. The van der Waals surface area contributed by atoms with Crippen LogP contribution in [0.3, 0.4) is 0 Å². The Balaban J connectivity index is 1.85. The van der Waals surface area contributed by atoms with Gasteiger partial charge in [0.25, 0.3) is 0 Å². The number of aryl methyl sites for hydroxylation is 1. The number of halogens is 1. The fourth-order valence-corrected chi connectivity index (χ4v) is 5.07. The van der Waals surface area contributed by atoms with Gasteiger partial charge in [0.15, 0.2) is 0 Å². The summed E-state index contributed by atoms with van der Waals surface area (Å²) in [5, 5.41) is 2.64. The minimum absolute atomic E-state index is 0.380. The Kier molecular flexibility index (Phi) is 4.30. The van der Waals surface area contributed by atoms with Gasteiger partial charge in [-0.15, -0.1) is 23.1 Å². The highest BCUT2D eigenvalue weighted by Gasteiger charge is 2.17. The van der Waals surface area contributed by atoms with Crippen LogP contribution in [0.25, 0.3) is 10.2 Å². The molecule has 0 aliphatic heterocycles. The first-order valence-corrected chi connectivity index (χ1v) is 9.03. The Morgan fingerprint density at radius 2 is 2.16 bits per heavy atom. The number of nitrogens with zero attached hydrogens (tertiary/aromatic N) is 2. The molecule has 1 aliphatic carbocycles. The van der Waals surface area contributed by atoms with Crippen molar-refractivity contribution in [3.8, 4) is 0 Å². The summed E-state index contributed by atoms with van der Waals surface area (Å²) < 4.78 is 0. The van der Waals surface area contributed by atoms with Crippen LogP contribution < -0.4 is 0 Å². The lowest BCUT2D eigenvalue weighted by Crippen LogP contribution is -1.97. The molecule has 0 spiro atoms. The standard InChI is InChI=1S/C14H17ClN2S2/c1-2-10-7-11-12(16-14(15)17-13(11)19-10)18-8-9-5-3-4-6-9/h7,9H,2-6,8H2,1H3. The van der Waals surface area contributed by atoms with E-state index >= 15 is 0 Å². The molecule has 3 rings (SSSR count). The molecule has 5 heteroatoms. The maximum absolute atomic E-state index is 6.04. The average molecular weight is 313 g/mol. The minimum atomic E-state index is 0.380. The van der Waals surface area contributed by atoms with Crippen molar-refractivity contribution in [2.75, 3.05) is 5.75 Å². The maximum atomic E-state index is 6.04.